The highest BCUT2D eigenvalue weighted by molar-refractivity contribution is 6.53. The Morgan fingerprint density at radius 2 is 1.63 bits per heavy atom. The molecule has 3 amide bonds. The van der Waals surface area contributed by atoms with Crippen LogP contribution in [0.5, 0.6) is 5.75 Å². The summed E-state index contributed by atoms with van der Waals surface area (Å²) in [6, 6.07) is 16.1. The highest BCUT2D eigenvalue weighted by Gasteiger charge is 2.39. The van der Waals surface area contributed by atoms with E-state index in [1.807, 2.05) is 0 Å². The first-order valence-corrected chi connectivity index (χ1v) is 11.4. The molecule has 1 aliphatic heterocycles. The minimum atomic E-state index is -0.675. The number of ether oxygens (including phenoxy) is 1. The van der Waals surface area contributed by atoms with Gasteiger partial charge in [0.25, 0.3) is 17.7 Å². The third kappa shape index (κ3) is 4.98. The summed E-state index contributed by atoms with van der Waals surface area (Å²) in [6.07, 6.45) is 0. The second-order valence-electron chi connectivity index (χ2n) is 7.57. The molecule has 0 spiro atoms. The largest absolute Gasteiger partial charge is 0.495 e. The number of rotatable bonds is 6. The summed E-state index contributed by atoms with van der Waals surface area (Å²) in [4.78, 5) is 39.7. The second-order valence-corrected chi connectivity index (χ2v) is 8.82. The van der Waals surface area contributed by atoms with E-state index in [4.69, 9.17) is 39.5 Å². The number of hydrogen-bond donors (Lipinski definition) is 2. The average molecular weight is 531 g/mol. The van der Waals surface area contributed by atoms with E-state index in [0.29, 0.717) is 38.4 Å². The van der Waals surface area contributed by atoms with E-state index in [-0.39, 0.29) is 16.3 Å². The number of nitrogens with one attached hydrogen (secondary N) is 2. The molecule has 0 fully saturated rings. The Bertz CT molecular complexity index is 1400. The number of carbonyl (C=O) groups excluding carboxylic acids is 3. The van der Waals surface area contributed by atoms with E-state index in [1.54, 1.807) is 55.5 Å². The smallest absolute Gasteiger partial charge is 0.283 e. The Kier molecular flexibility index (Phi) is 7.03. The topological polar surface area (TPSA) is 87.7 Å². The molecule has 0 radical (unpaired) electrons. The van der Waals surface area contributed by atoms with Crippen molar-refractivity contribution in [1.29, 1.82) is 0 Å². The van der Waals surface area contributed by atoms with Gasteiger partial charge in [0.15, 0.2) is 0 Å². The molecule has 4 rings (SSSR count). The molecule has 2 N–H and O–H groups in total. The number of nitrogens with zero attached hydrogens (tertiary/aromatic N) is 1. The van der Waals surface area contributed by atoms with Crippen LogP contribution in [0.1, 0.15) is 15.9 Å². The summed E-state index contributed by atoms with van der Waals surface area (Å²) in [5, 5.41) is 6.16. The quantitative estimate of drug-likeness (QED) is 0.382. The lowest BCUT2D eigenvalue weighted by molar-refractivity contribution is -0.120. The number of benzene rings is 3. The molecule has 7 nitrogen and oxygen atoms in total. The molecule has 35 heavy (non-hydrogen) atoms. The van der Waals surface area contributed by atoms with Crippen molar-refractivity contribution in [3.63, 3.8) is 0 Å². The van der Waals surface area contributed by atoms with E-state index in [2.05, 4.69) is 10.6 Å². The number of methoxy groups -OCH3 is 1. The summed E-state index contributed by atoms with van der Waals surface area (Å²) < 4.78 is 5.26. The minimum Gasteiger partial charge on any atom is -0.495 e. The van der Waals surface area contributed by atoms with Crippen molar-refractivity contribution >= 4 is 69.6 Å². The van der Waals surface area contributed by atoms with E-state index in [1.165, 1.54) is 19.2 Å². The summed E-state index contributed by atoms with van der Waals surface area (Å²) in [5.74, 6) is -1.30. The van der Waals surface area contributed by atoms with Crippen molar-refractivity contribution in [2.45, 2.75) is 6.92 Å². The van der Waals surface area contributed by atoms with Crippen LogP contribution < -0.4 is 20.3 Å². The predicted molar refractivity (Wildman–Crippen MR) is 138 cm³/mol. The van der Waals surface area contributed by atoms with Crippen molar-refractivity contribution < 1.29 is 19.1 Å². The van der Waals surface area contributed by atoms with Gasteiger partial charge < -0.3 is 15.4 Å². The fraction of sp³-hybridized carbons (Fsp3) is 0.0800. The Labute approximate surface area is 216 Å². The van der Waals surface area contributed by atoms with Gasteiger partial charge in [-0.2, -0.15) is 0 Å². The zero-order valence-electron chi connectivity index (χ0n) is 18.5. The lowest BCUT2D eigenvalue weighted by Crippen LogP contribution is -2.32. The Hall–Kier alpha value is -3.52. The van der Waals surface area contributed by atoms with Gasteiger partial charge in [0.2, 0.25) is 0 Å². The van der Waals surface area contributed by atoms with Crippen LogP contribution in [0.3, 0.4) is 0 Å². The first-order chi connectivity index (χ1) is 16.7. The lowest BCUT2D eigenvalue weighted by Gasteiger charge is -2.18. The number of aryl methyl sites for hydroxylation is 1. The van der Waals surface area contributed by atoms with Gasteiger partial charge in [-0.15, -0.1) is 0 Å². The number of amides is 3. The van der Waals surface area contributed by atoms with Crippen molar-refractivity contribution in [2.24, 2.45) is 0 Å². The molecule has 0 aromatic heterocycles. The SMILES string of the molecule is COc1ccc(Cl)cc1NC(=O)c1cccc(NC2=C(Cl)C(=O)N(c3cc(Cl)ccc3C)C2=O)c1. The molecule has 0 saturated heterocycles. The maximum Gasteiger partial charge on any atom is 0.283 e. The number of hydrogen-bond acceptors (Lipinski definition) is 5. The van der Waals surface area contributed by atoms with Gasteiger partial charge in [0.1, 0.15) is 16.5 Å². The molecule has 10 heteroatoms. The normalized spacial score (nSPS) is 13.3. The lowest BCUT2D eigenvalue weighted by atomic mass is 10.1. The van der Waals surface area contributed by atoms with Gasteiger partial charge in [0, 0.05) is 21.3 Å². The van der Waals surface area contributed by atoms with E-state index in [9.17, 15) is 14.4 Å². The van der Waals surface area contributed by atoms with Gasteiger partial charge >= 0.3 is 0 Å². The van der Waals surface area contributed by atoms with Gasteiger partial charge in [-0.1, -0.05) is 46.9 Å². The van der Waals surface area contributed by atoms with Gasteiger partial charge in [-0.3, -0.25) is 14.4 Å². The molecule has 1 aliphatic rings. The van der Waals surface area contributed by atoms with E-state index >= 15 is 0 Å². The second kappa shape index (κ2) is 10.00. The van der Waals surface area contributed by atoms with Gasteiger partial charge in [0.05, 0.1) is 18.5 Å². The zero-order valence-corrected chi connectivity index (χ0v) is 20.8. The van der Waals surface area contributed by atoms with Crippen molar-refractivity contribution in [3.05, 3.63) is 92.6 Å². The average Bonchev–Trinajstić information content (AvgIpc) is 3.04. The molecule has 3 aromatic carbocycles. The minimum absolute atomic E-state index is 0.106. The van der Waals surface area contributed by atoms with E-state index < -0.39 is 17.7 Å². The van der Waals surface area contributed by atoms with Gasteiger partial charge in [-0.25, -0.2) is 4.90 Å². The van der Waals surface area contributed by atoms with Crippen molar-refractivity contribution in [3.8, 4) is 5.75 Å². The van der Waals surface area contributed by atoms with E-state index in [0.717, 1.165) is 4.90 Å². The first-order valence-electron chi connectivity index (χ1n) is 10.3. The van der Waals surface area contributed by atoms with Crippen LogP contribution in [0.25, 0.3) is 0 Å². The molecule has 0 unspecified atom stereocenters. The summed E-state index contributed by atoms with van der Waals surface area (Å²) in [5.41, 5.74) is 1.98. The fourth-order valence-electron chi connectivity index (χ4n) is 3.51. The maximum absolute atomic E-state index is 13.1. The standard InChI is InChI=1S/C25H18Cl3N3O4/c1-13-6-7-16(27)12-19(13)31-24(33)21(28)22(25(31)34)29-17-5-3-4-14(10-17)23(32)30-18-11-15(26)8-9-20(18)35-2/h3-12,29H,1-2H3,(H,30,32). The summed E-state index contributed by atoms with van der Waals surface area (Å²) >= 11 is 18.3. The Balaban J connectivity index is 1.57. The number of halogens is 3. The van der Waals surface area contributed by atoms with Crippen LogP contribution in [-0.4, -0.2) is 24.8 Å². The Morgan fingerprint density at radius 3 is 2.37 bits per heavy atom. The van der Waals surface area contributed by atoms with Crippen molar-refractivity contribution in [1.82, 2.24) is 0 Å². The molecule has 0 saturated carbocycles. The molecule has 0 aliphatic carbocycles. The van der Waals surface area contributed by atoms with Crippen LogP contribution >= 0.6 is 34.8 Å². The summed E-state index contributed by atoms with van der Waals surface area (Å²) in [6.45, 7) is 1.75. The number of imide groups is 1. The fourth-order valence-corrected chi connectivity index (χ4v) is 4.06. The molecular formula is C25H18Cl3N3O4. The molecule has 178 valence electrons. The number of carbonyl (C=O) groups is 3. The zero-order chi connectivity index (χ0) is 25.3. The van der Waals surface area contributed by atoms with Crippen molar-refractivity contribution in [2.75, 3.05) is 22.6 Å². The Morgan fingerprint density at radius 1 is 0.914 bits per heavy atom. The van der Waals surface area contributed by atoms with Crippen LogP contribution in [0, 0.1) is 6.92 Å². The molecule has 0 atom stereocenters. The highest BCUT2D eigenvalue weighted by atomic mass is 35.5. The third-order valence-electron chi connectivity index (χ3n) is 5.24. The molecule has 1 heterocycles. The predicted octanol–water partition coefficient (Wildman–Crippen LogP) is 6.00. The molecule has 0 bridgehead atoms. The maximum atomic E-state index is 13.1. The van der Waals surface area contributed by atoms with Crippen LogP contribution in [0.2, 0.25) is 10.0 Å². The summed E-state index contributed by atoms with van der Waals surface area (Å²) in [7, 11) is 1.48. The van der Waals surface area contributed by atoms with Crippen LogP contribution in [-0.2, 0) is 9.59 Å². The molecule has 3 aromatic rings. The number of anilines is 3. The van der Waals surface area contributed by atoms with Crippen LogP contribution in [0.4, 0.5) is 17.1 Å². The highest BCUT2D eigenvalue weighted by Crippen LogP contribution is 2.34. The van der Waals surface area contributed by atoms with Gasteiger partial charge in [-0.05, 0) is 61.0 Å². The molecular weight excluding hydrogens is 513 g/mol. The first kappa shape index (κ1) is 24.6. The van der Waals surface area contributed by atoms with Crippen LogP contribution in [0.15, 0.2) is 71.4 Å². The third-order valence-corrected chi connectivity index (χ3v) is 6.06. The monoisotopic (exact) mass is 529 g/mol.